The van der Waals surface area contributed by atoms with Crippen molar-refractivity contribution in [2.45, 2.75) is 0 Å². The van der Waals surface area contributed by atoms with Crippen LogP contribution in [0.5, 0.6) is 23.0 Å². The van der Waals surface area contributed by atoms with Crippen LogP contribution in [0.2, 0.25) is 0 Å². The van der Waals surface area contributed by atoms with Crippen molar-refractivity contribution in [2.24, 2.45) is 0 Å². The topological polar surface area (TPSA) is 138 Å². The zero-order valence-electron chi connectivity index (χ0n) is 18.1. The lowest BCUT2D eigenvalue weighted by atomic mass is 9.89. The molecule has 9 heteroatoms. The fourth-order valence-electron chi connectivity index (χ4n) is 3.60. The number of phenols is 2. The highest BCUT2D eigenvalue weighted by Gasteiger charge is 2.20. The van der Waals surface area contributed by atoms with Gasteiger partial charge in [0, 0.05) is 34.4 Å². The summed E-state index contributed by atoms with van der Waals surface area (Å²) in [6, 6.07) is 15.2. The Labute approximate surface area is 195 Å². The van der Waals surface area contributed by atoms with E-state index in [1.807, 2.05) is 18.2 Å². The maximum atomic E-state index is 10.9. The third-order valence-electron chi connectivity index (χ3n) is 5.02. The van der Waals surface area contributed by atoms with Crippen LogP contribution < -0.4 is 9.47 Å². The van der Waals surface area contributed by atoms with Gasteiger partial charge in [0.1, 0.15) is 48.9 Å². The molecule has 0 unspecified atom stereocenters. The van der Waals surface area contributed by atoms with E-state index in [2.05, 4.69) is 15.0 Å². The van der Waals surface area contributed by atoms with Crippen molar-refractivity contribution in [2.75, 3.05) is 26.4 Å². The molecule has 1 heterocycles. The Balaban J connectivity index is 1.89. The molecule has 4 N–H and O–H groups in total. The Morgan fingerprint density at radius 3 is 1.76 bits per heavy atom. The fraction of sp³-hybridized carbons (Fsp3) is 0.160. The smallest absolute Gasteiger partial charge is 0.163 e. The monoisotopic (exact) mass is 461 g/mol. The minimum absolute atomic E-state index is 0.0353. The van der Waals surface area contributed by atoms with E-state index < -0.39 is 0 Å². The van der Waals surface area contributed by atoms with E-state index in [1.54, 1.807) is 24.3 Å². The lowest BCUT2D eigenvalue weighted by Gasteiger charge is -2.18. The van der Waals surface area contributed by atoms with Crippen LogP contribution in [0.1, 0.15) is 0 Å². The summed E-state index contributed by atoms with van der Waals surface area (Å²) < 4.78 is 10.8. The molecule has 0 amide bonds. The molecule has 0 spiro atoms. The zero-order chi connectivity index (χ0) is 23.9. The molecule has 174 valence electrons. The van der Waals surface area contributed by atoms with Crippen molar-refractivity contribution in [1.82, 2.24) is 15.0 Å². The minimum Gasteiger partial charge on any atom is -0.507 e. The SMILES string of the molecule is OCCOc1ccc(-c2cccc(-c3ncncn3)c2-c2ccc(OCCO)cc2O)c(O)c1. The number of aromatic hydroxyl groups is 2. The van der Waals surface area contributed by atoms with Crippen molar-refractivity contribution < 1.29 is 29.9 Å². The van der Waals surface area contributed by atoms with Crippen molar-refractivity contribution >= 4 is 0 Å². The van der Waals surface area contributed by atoms with Crippen LogP contribution in [-0.2, 0) is 0 Å². The molecule has 34 heavy (non-hydrogen) atoms. The summed E-state index contributed by atoms with van der Waals surface area (Å²) >= 11 is 0. The molecule has 4 aromatic rings. The Morgan fingerprint density at radius 1 is 0.647 bits per heavy atom. The molecule has 0 bridgehead atoms. The number of aliphatic hydroxyl groups is 2. The van der Waals surface area contributed by atoms with Crippen LogP contribution in [0.4, 0.5) is 0 Å². The van der Waals surface area contributed by atoms with Gasteiger partial charge in [-0.3, -0.25) is 0 Å². The maximum absolute atomic E-state index is 10.9. The number of benzene rings is 3. The molecular weight excluding hydrogens is 438 g/mol. The normalized spacial score (nSPS) is 10.8. The number of phenolic OH excluding ortho intramolecular Hbond substituents is 2. The first-order chi connectivity index (χ1) is 16.6. The average Bonchev–Trinajstić information content (AvgIpc) is 2.86. The van der Waals surface area contributed by atoms with Crippen molar-refractivity contribution in [1.29, 1.82) is 0 Å². The highest BCUT2D eigenvalue weighted by molar-refractivity contribution is 5.96. The standard InChI is InChI=1S/C25H23N3O6/c29-8-10-33-16-4-6-18(22(31)12-16)19-2-1-3-21(25-27-14-26-15-28-25)24(19)20-7-5-17(13-23(20)32)34-11-9-30/h1-7,12-15,29-32H,8-11H2. The Hall–Kier alpha value is -4.21. The molecule has 0 aliphatic carbocycles. The first kappa shape index (κ1) is 23.0. The summed E-state index contributed by atoms with van der Waals surface area (Å²) in [7, 11) is 0. The summed E-state index contributed by atoms with van der Waals surface area (Å²) in [6.07, 6.45) is 2.77. The van der Waals surface area contributed by atoms with E-state index in [-0.39, 0.29) is 37.9 Å². The van der Waals surface area contributed by atoms with E-state index in [0.717, 1.165) is 0 Å². The number of rotatable bonds is 9. The Bertz CT molecular complexity index is 1270. The third kappa shape index (κ3) is 4.90. The van der Waals surface area contributed by atoms with Gasteiger partial charge in [0.05, 0.1) is 13.2 Å². The number of aromatic nitrogens is 3. The predicted octanol–water partition coefficient (Wildman–Crippen LogP) is 3.03. The minimum atomic E-state index is -0.147. The van der Waals surface area contributed by atoms with Crippen molar-refractivity contribution in [3.05, 3.63) is 67.3 Å². The van der Waals surface area contributed by atoms with Gasteiger partial charge < -0.3 is 29.9 Å². The number of hydrogen-bond donors (Lipinski definition) is 4. The van der Waals surface area contributed by atoms with Crippen LogP contribution in [0, 0.1) is 0 Å². The summed E-state index contributed by atoms with van der Waals surface area (Å²) in [5.74, 6) is 1.13. The highest BCUT2D eigenvalue weighted by atomic mass is 16.5. The molecule has 3 aromatic carbocycles. The van der Waals surface area contributed by atoms with E-state index in [9.17, 15) is 10.2 Å². The van der Waals surface area contributed by atoms with Crippen LogP contribution >= 0.6 is 0 Å². The second-order valence-corrected chi connectivity index (χ2v) is 7.19. The number of aliphatic hydroxyl groups excluding tert-OH is 2. The van der Waals surface area contributed by atoms with Gasteiger partial charge in [-0.25, -0.2) is 15.0 Å². The lowest BCUT2D eigenvalue weighted by Crippen LogP contribution is -2.02. The van der Waals surface area contributed by atoms with E-state index >= 15 is 0 Å². The average molecular weight is 461 g/mol. The molecule has 0 saturated carbocycles. The number of nitrogens with zero attached hydrogens (tertiary/aromatic N) is 3. The molecule has 1 aromatic heterocycles. The summed E-state index contributed by atoms with van der Waals surface area (Å²) in [6.45, 7) is -0.0778. The van der Waals surface area contributed by atoms with Gasteiger partial charge in [-0.15, -0.1) is 0 Å². The summed E-state index contributed by atoms with van der Waals surface area (Å²) in [5, 5.41) is 39.7. The molecular formula is C25H23N3O6. The van der Waals surface area contributed by atoms with Crippen LogP contribution in [0.15, 0.2) is 67.3 Å². The van der Waals surface area contributed by atoms with Crippen LogP contribution in [0.25, 0.3) is 33.6 Å². The highest BCUT2D eigenvalue weighted by Crippen LogP contribution is 2.45. The largest absolute Gasteiger partial charge is 0.507 e. The number of ether oxygens (including phenoxy) is 2. The molecule has 0 atom stereocenters. The summed E-state index contributed by atoms with van der Waals surface area (Å²) in [5.41, 5.74) is 2.83. The summed E-state index contributed by atoms with van der Waals surface area (Å²) in [4.78, 5) is 12.4. The van der Waals surface area contributed by atoms with Crippen LogP contribution in [0.3, 0.4) is 0 Å². The van der Waals surface area contributed by atoms with E-state index in [1.165, 1.54) is 24.8 Å². The molecule has 0 aliphatic heterocycles. The Kier molecular flexibility index (Phi) is 7.16. The first-order valence-corrected chi connectivity index (χ1v) is 10.5. The molecule has 0 radical (unpaired) electrons. The second kappa shape index (κ2) is 10.6. The molecule has 9 nitrogen and oxygen atoms in total. The second-order valence-electron chi connectivity index (χ2n) is 7.19. The van der Waals surface area contributed by atoms with Crippen LogP contribution in [-0.4, -0.2) is 61.8 Å². The lowest BCUT2D eigenvalue weighted by molar-refractivity contribution is 0.201. The van der Waals surface area contributed by atoms with Crippen molar-refractivity contribution in [3.8, 4) is 56.6 Å². The van der Waals surface area contributed by atoms with E-state index in [0.29, 0.717) is 45.1 Å². The molecule has 0 fully saturated rings. The third-order valence-corrected chi connectivity index (χ3v) is 5.02. The number of hydrogen-bond acceptors (Lipinski definition) is 9. The van der Waals surface area contributed by atoms with Gasteiger partial charge in [0.2, 0.25) is 0 Å². The maximum Gasteiger partial charge on any atom is 0.163 e. The predicted molar refractivity (Wildman–Crippen MR) is 125 cm³/mol. The zero-order valence-corrected chi connectivity index (χ0v) is 18.1. The molecule has 0 aliphatic rings. The molecule has 4 rings (SSSR count). The van der Waals surface area contributed by atoms with Crippen molar-refractivity contribution in [3.63, 3.8) is 0 Å². The van der Waals surface area contributed by atoms with E-state index in [4.69, 9.17) is 19.7 Å². The van der Waals surface area contributed by atoms with Gasteiger partial charge in [0.15, 0.2) is 5.82 Å². The van der Waals surface area contributed by atoms with Gasteiger partial charge in [-0.2, -0.15) is 0 Å². The van der Waals surface area contributed by atoms with Gasteiger partial charge >= 0.3 is 0 Å². The van der Waals surface area contributed by atoms with Gasteiger partial charge in [0.25, 0.3) is 0 Å². The molecule has 0 saturated heterocycles. The van der Waals surface area contributed by atoms with Gasteiger partial charge in [-0.1, -0.05) is 18.2 Å². The quantitative estimate of drug-likeness (QED) is 0.296. The Morgan fingerprint density at radius 2 is 1.21 bits per heavy atom. The first-order valence-electron chi connectivity index (χ1n) is 10.5. The van der Waals surface area contributed by atoms with Gasteiger partial charge in [-0.05, 0) is 29.8 Å². The fourth-order valence-corrected chi connectivity index (χ4v) is 3.60.